The van der Waals surface area contributed by atoms with E-state index in [1.54, 1.807) is 17.9 Å². The molecule has 2 fully saturated rings. The molecule has 2 aliphatic heterocycles. The van der Waals surface area contributed by atoms with Crippen LogP contribution in [0.15, 0.2) is 42.6 Å². The summed E-state index contributed by atoms with van der Waals surface area (Å²) in [5, 5.41) is 13.6. The highest BCUT2D eigenvalue weighted by atomic mass is 16.5. The van der Waals surface area contributed by atoms with Crippen LogP contribution in [0.4, 0.5) is 11.5 Å². The molecule has 4 aromatic rings. The number of piperidine rings is 1. The van der Waals surface area contributed by atoms with E-state index in [9.17, 15) is 4.79 Å². The van der Waals surface area contributed by atoms with E-state index in [2.05, 4.69) is 87.7 Å². The summed E-state index contributed by atoms with van der Waals surface area (Å²) in [6.07, 6.45) is 8.11. The van der Waals surface area contributed by atoms with Gasteiger partial charge in [0.1, 0.15) is 5.82 Å². The lowest BCUT2D eigenvalue weighted by Crippen LogP contribution is -2.40. The third-order valence-electron chi connectivity index (χ3n) is 10.1. The van der Waals surface area contributed by atoms with Crippen LogP contribution in [0.2, 0.25) is 0 Å². The highest BCUT2D eigenvalue weighted by Gasteiger charge is 2.44. The first-order valence-corrected chi connectivity index (χ1v) is 17.1. The molecule has 11 heteroatoms. The average molecular weight is 638 g/mol. The first-order chi connectivity index (χ1) is 22.8. The molecular formula is C36H47N9O2. The Morgan fingerprint density at radius 1 is 1.11 bits per heavy atom. The molecule has 2 aromatic heterocycles. The lowest BCUT2D eigenvalue weighted by molar-refractivity contribution is 0.0958. The van der Waals surface area contributed by atoms with Crippen molar-refractivity contribution < 1.29 is 9.53 Å². The molecule has 1 unspecified atom stereocenters. The predicted octanol–water partition coefficient (Wildman–Crippen LogP) is 4.34. The highest BCUT2D eigenvalue weighted by molar-refractivity contribution is 5.97. The third-order valence-corrected chi connectivity index (χ3v) is 10.1. The zero-order chi connectivity index (χ0) is 32.5. The predicted molar refractivity (Wildman–Crippen MR) is 184 cm³/mol. The maximum atomic E-state index is 12.0. The minimum absolute atomic E-state index is 0.190. The van der Waals surface area contributed by atoms with E-state index in [1.165, 1.54) is 40.4 Å². The van der Waals surface area contributed by atoms with Gasteiger partial charge in [0.15, 0.2) is 5.69 Å². The Hall–Kier alpha value is -4.25. The second kappa shape index (κ2) is 13.1. The Morgan fingerprint density at radius 3 is 2.70 bits per heavy atom. The van der Waals surface area contributed by atoms with Crippen molar-refractivity contribution >= 4 is 28.2 Å². The number of aryl methyl sites for hydroxylation is 1. The molecule has 4 heterocycles. The van der Waals surface area contributed by atoms with E-state index < -0.39 is 0 Å². The van der Waals surface area contributed by atoms with E-state index in [1.807, 2.05) is 0 Å². The summed E-state index contributed by atoms with van der Waals surface area (Å²) in [7, 11) is 5.87. The maximum Gasteiger partial charge on any atom is 0.318 e. The van der Waals surface area contributed by atoms with Gasteiger partial charge in [0.25, 0.3) is 5.91 Å². The van der Waals surface area contributed by atoms with Gasteiger partial charge in [0, 0.05) is 61.8 Å². The Morgan fingerprint density at radius 2 is 1.94 bits per heavy atom. The van der Waals surface area contributed by atoms with E-state index in [-0.39, 0.29) is 11.3 Å². The molecule has 11 nitrogen and oxygen atoms in total. The summed E-state index contributed by atoms with van der Waals surface area (Å²) in [5.74, 6) is 1.16. The van der Waals surface area contributed by atoms with E-state index in [0.29, 0.717) is 30.8 Å². The molecule has 1 saturated heterocycles. The number of nitrogens with zero attached hydrogens (tertiary/aromatic N) is 8. The Labute approximate surface area is 277 Å². The summed E-state index contributed by atoms with van der Waals surface area (Å²) >= 11 is 0. The molecular weight excluding hydrogens is 590 g/mol. The van der Waals surface area contributed by atoms with E-state index >= 15 is 0 Å². The number of carbonyl (C=O) groups excluding carboxylic acids is 1. The fourth-order valence-electron chi connectivity index (χ4n) is 7.58. The minimum Gasteiger partial charge on any atom is -0.463 e. The number of benzene rings is 2. The molecule has 2 aromatic carbocycles. The first-order valence-electron chi connectivity index (χ1n) is 17.1. The summed E-state index contributed by atoms with van der Waals surface area (Å²) < 4.78 is 8.28. The number of anilines is 2. The van der Waals surface area contributed by atoms with Crippen LogP contribution in [0.3, 0.4) is 0 Å². The van der Waals surface area contributed by atoms with Crippen molar-refractivity contribution in [3.8, 4) is 6.01 Å². The van der Waals surface area contributed by atoms with Crippen molar-refractivity contribution in [3.63, 3.8) is 0 Å². The summed E-state index contributed by atoms with van der Waals surface area (Å²) in [6, 6.07) is 13.8. The molecule has 0 radical (unpaired) electrons. The lowest BCUT2D eigenvalue weighted by atomic mass is 9.96. The van der Waals surface area contributed by atoms with Crippen molar-refractivity contribution in [3.05, 3.63) is 65.1 Å². The van der Waals surface area contributed by atoms with Crippen LogP contribution < -0.4 is 19.9 Å². The van der Waals surface area contributed by atoms with Crippen molar-refractivity contribution in [2.24, 2.45) is 11.3 Å². The highest BCUT2D eigenvalue weighted by Crippen LogP contribution is 2.46. The number of nitrogens with one attached hydrogen (secondary N) is 1. The van der Waals surface area contributed by atoms with Gasteiger partial charge in [0.2, 0.25) is 0 Å². The van der Waals surface area contributed by atoms with Gasteiger partial charge in [-0.3, -0.25) is 9.48 Å². The number of rotatable bonds is 11. The van der Waals surface area contributed by atoms with Crippen LogP contribution >= 0.6 is 0 Å². The Kier molecular flexibility index (Phi) is 8.74. The number of hydrogen-bond acceptors (Lipinski definition) is 9. The number of aromatic nitrogens is 5. The molecule has 1 aliphatic carbocycles. The fraction of sp³-hybridized carbons (Fsp3) is 0.528. The topological polar surface area (TPSA) is 105 Å². The van der Waals surface area contributed by atoms with Gasteiger partial charge in [-0.15, -0.1) is 5.10 Å². The second-order valence-corrected chi connectivity index (χ2v) is 14.0. The SMILES string of the molecule is CCc1cccc2cccc(N3CCc4c(nc(OCC5(CN(C)C)CC5)nc4N4CCCC(Cn5cc(C(=O)NC)nn5)C4)C3)c12. The van der Waals surface area contributed by atoms with Crippen molar-refractivity contribution in [2.75, 3.05) is 63.7 Å². The number of fused-ring (bicyclic) bond motifs is 2. The van der Waals surface area contributed by atoms with Crippen molar-refractivity contribution in [1.29, 1.82) is 0 Å². The Balaban J connectivity index is 1.18. The standard InChI is InChI=1S/C36H47N9O2/c1-5-26-10-6-11-27-12-7-13-31(32(26)27)43-18-14-28-29(21-43)38-35(47-24-36(15-16-36)23-42(3)4)39-33(28)44-17-8-9-25(19-44)20-45-22-30(40-41-45)34(46)37-2/h6-7,10-13,22,25H,5,8-9,14-21,23-24H2,1-4H3,(H,37,46). The van der Waals surface area contributed by atoms with Gasteiger partial charge in [-0.1, -0.05) is 42.5 Å². The maximum absolute atomic E-state index is 12.0. The molecule has 1 saturated carbocycles. The monoisotopic (exact) mass is 637 g/mol. The zero-order valence-electron chi connectivity index (χ0n) is 28.2. The molecule has 3 aliphatic rings. The minimum atomic E-state index is -0.219. The van der Waals surface area contributed by atoms with Crippen molar-refractivity contribution in [1.82, 2.24) is 35.2 Å². The van der Waals surface area contributed by atoms with Crippen LogP contribution in [0.5, 0.6) is 6.01 Å². The molecule has 0 bridgehead atoms. The molecule has 248 valence electrons. The van der Waals surface area contributed by atoms with Crippen LogP contribution in [-0.4, -0.2) is 89.7 Å². The molecule has 7 rings (SSSR count). The number of ether oxygens (including phenoxy) is 1. The van der Waals surface area contributed by atoms with E-state index in [4.69, 9.17) is 14.7 Å². The van der Waals surface area contributed by atoms with Crippen LogP contribution in [0.25, 0.3) is 10.8 Å². The molecule has 1 N–H and O–H groups in total. The fourth-order valence-corrected chi connectivity index (χ4v) is 7.58. The lowest BCUT2D eigenvalue weighted by Gasteiger charge is -2.37. The number of hydrogen-bond donors (Lipinski definition) is 1. The van der Waals surface area contributed by atoms with Gasteiger partial charge >= 0.3 is 6.01 Å². The molecule has 1 amide bonds. The number of carbonyl (C=O) groups is 1. The van der Waals surface area contributed by atoms with Gasteiger partial charge in [0.05, 0.1) is 25.0 Å². The average Bonchev–Trinajstić information content (AvgIpc) is 3.69. The van der Waals surface area contributed by atoms with Crippen molar-refractivity contribution in [2.45, 2.75) is 58.5 Å². The number of amides is 1. The summed E-state index contributed by atoms with van der Waals surface area (Å²) in [6.45, 7) is 8.02. The molecule has 47 heavy (non-hydrogen) atoms. The molecule has 1 atom stereocenters. The largest absolute Gasteiger partial charge is 0.463 e. The molecule has 0 spiro atoms. The van der Waals surface area contributed by atoms with Gasteiger partial charge < -0.3 is 24.8 Å². The van der Waals surface area contributed by atoms with Crippen LogP contribution in [0, 0.1) is 11.3 Å². The van der Waals surface area contributed by atoms with Crippen LogP contribution in [-0.2, 0) is 25.9 Å². The van der Waals surface area contributed by atoms with E-state index in [0.717, 1.165) is 69.9 Å². The second-order valence-electron chi connectivity index (χ2n) is 14.0. The smallest absolute Gasteiger partial charge is 0.318 e. The van der Waals surface area contributed by atoms with Gasteiger partial charge in [-0.2, -0.15) is 9.97 Å². The quantitative estimate of drug-likeness (QED) is 0.257. The third kappa shape index (κ3) is 6.63. The summed E-state index contributed by atoms with van der Waals surface area (Å²) in [4.78, 5) is 29.5. The van der Waals surface area contributed by atoms with Gasteiger partial charge in [-0.25, -0.2) is 0 Å². The normalized spacial score (nSPS) is 18.8. The zero-order valence-corrected chi connectivity index (χ0v) is 28.2. The van der Waals surface area contributed by atoms with Crippen LogP contribution in [0.1, 0.15) is 59.9 Å². The summed E-state index contributed by atoms with van der Waals surface area (Å²) in [5.41, 5.74) is 5.49. The Bertz CT molecular complexity index is 1740. The first kappa shape index (κ1) is 31.4. The van der Waals surface area contributed by atoms with Gasteiger partial charge in [-0.05, 0) is 75.6 Å².